The van der Waals surface area contributed by atoms with E-state index < -0.39 is 0 Å². The molecule has 0 radical (unpaired) electrons. The van der Waals surface area contributed by atoms with E-state index in [0.29, 0.717) is 18.0 Å². The third-order valence-electron chi connectivity index (χ3n) is 3.56. The maximum absolute atomic E-state index is 5.35. The zero-order valence-electron chi connectivity index (χ0n) is 13.8. The van der Waals surface area contributed by atoms with Gasteiger partial charge in [0.15, 0.2) is 17.5 Å². The van der Waals surface area contributed by atoms with Crippen LogP contribution in [0.3, 0.4) is 0 Å². The fraction of sp³-hybridized carbons (Fsp3) is 0.562. The molecule has 1 saturated carbocycles. The van der Waals surface area contributed by atoms with Gasteiger partial charge in [0, 0.05) is 17.6 Å². The molecule has 0 bridgehead atoms. The van der Waals surface area contributed by atoms with Crippen LogP contribution in [0.4, 0.5) is 0 Å². The molecule has 0 saturated heterocycles. The van der Waals surface area contributed by atoms with Crippen molar-refractivity contribution in [2.75, 3.05) is 27.3 Å². The molecule has 2 rings (SSSR count). The van der Waals surface area contributed by atoms with Crippen LogP contribution in [0, 0.1) is 5.92 Å². The highest BCUT2D eigenvalue weighted by molar-refractivity contribution is 14.0. The van der Waals surface area contributed by atoms with Gasteiger partial charge in [0.05, 0.1) is 20.8 Å². The van der Waals surface area contributed by atoms with Crippen molar-refractivity contribution < 1.29 is 9.47 Å². The lowest BCUT2D eigenvalue weighted by Gasteiger charge is -2.13. The van der Waals surface area contributed by atoms with Gasteiger partial charge in [-0.1, -0.05) is 15.9 Å². The normalized spacial score (nSPS) is 14.0. The Kier molecular flexibility index (Phi) is 9.04. The minimum atomic E-state index is 0. The number of aliphatic imine (C=N–C) groups is 1. The van der Waals surface area contributed by atoms with Crippen LogP contribution in [0.5, 0.6) is 11.5 Å². The monoisotopic (exact) mass is 497 g/mol. The first-order valence-corrected chi connectivity index (χ1v) is 8.39. The Balaban J connectivity index is 0.00000264. The quantitative estimate of drug-likeness (QED) is 0.343. The third-order valence-corrected chi connectivity index (χ3v) is 4.30. The van der Waals surface area contributed by atoms with Gasteiger partial charge in [-0.15, -0.1) is 24.0 Å². The maximum Gasteiger partial charge on any atom is 0.191 e. The van der Waals surface area contributed by atoms with E-state index in [4.69, 9.17) is 9.47 Å². The number of hydrogen-bond donors (Lipinski definition) is 2. The number of rotatable bonds is 7. The highest BCUT2D eigenvalue weighted by atomic mass is 127. The van der Waals surface area contributed by atoms with E-state index in [0.717, 1.165) is 35.0 Å². The summed E-state index contributed by atoms with van der Waals surface area (Å²) < 4.78 is 11.6. The Morgan fingerprint density at radius 3 is 2.43 bits per heavy atom. The largest absolute Gasteiger partial charge is 0.493 e. The van der Waals surface area contributed by atoms with Crippen molar-refractivity contribution in [1.82, 2.24) is 10.6 Å². The molecule has 1 aliphatic rings. The zero-order chi connectivity index (χ0) is 15.9. The van der Waals surface area contributed by atoms with Crippen molar-refractivity contribution >= 4 is 45.9 Å². The molecule has 1 fully saturated rings. The van der Waals surface area contributed by atoms with Crippen molar-refractivity contribution in [2.24, 2.45) is 10.9 Å². The molecular weight excluding hydrogens is 473 g/mol. The SMILES string of the molecule is CCNC(=NCc1cc(OC)c(OC)cc1Br)NCC1CC1.I. The summed E-state index contributed by atoms with van der Waals surface area (Å²) in [4.78, 5) is 4.64. The third kappa shape index (κ3) is 6.37. The summed E-state index contributed by atoms with van der Waals surface area (Å²) in [5, 5.41) is 6.67. The standard InChI is InChI=1S/C16H24BrN3O2.HI/c1-4-18-16(19-9-11-5-6-11)20-10-12-7-14(21-2)15(22-3)8-13(12)17;/h7-8,11H,4-6,9-10H2,1-3H3,(H2,18,19,20);1H. The van der Waals surface area contributed by atoms with E-state index in [1.54, 1.807) is 14.2 Å². The van der Waals surface area contributed by atoms with Crippen molar-refractivity contribution in [3.8, 4) is 11.5 Å². The Bertz CT molecular complexity index is 536. The van der Waals surface area contributed by atoms with E-state index in [-0.39, 0.29) is 24.0 Å². The first-order chi connectivity index (χ1) is 10.7. The van der Waals surface area contributed by atoms with Crippen molar-refractivity contribution in [3.05, 3.63) is 22.2 Å². The van der Waals surface area contributed by atoms with Crippen LogP contribution in [0.1, 0.15) is 25.3 Å². The van der Waals surface area contributed by atoms with Gasteiger partial charge in [-0.05, 0) is 43.4 Å². The van der Waals surface area contributed by atoms with Crippen molar-refractivity contribution in [3.63, 3.8) is 0 Å². The predicted molar refractivity (Wildman–Crippen MR) is 108 cm³/mol. The predicted octanol–water partition coefficient (Wildman–Crippen LogP) is 3.55. The van der Waals surface area contributed by atoms with Crippen LogP contribution in [-0.2, 0) is 6.54 Å². The molecule has 0 aromatic heterocycles. The van der Waals surface area contributed by atoms with Crippen LogP contribution >= 0.6 is 39.9 Å². The Morgan fingerprint density at radius 2 is 1.87 bits per heavy atom. The molecule has 5 nitrogen and oxygen atoms in total. The molecule has 0 atom stereocenters. The molecule has 0 amide bonds. The van der Waals surface area contributed by atoms with Gasteiger partial charge in [0.25, 0.3) is 0 Å². The second kappa shape index (κ2) is 10.2. The van der Waals surface area contributed by atoms with Crippen LogP contribution in [0.15, 0.2) is 21.6 Å². The summed E-state index contributed by atoms with van der Waals surface area (Å²) in [6.45, 7) is 4.49. The minimum Gasteiger partial charge on any atom is -0.493 e. The van der Waals surface area contributed by atoms with Crippen LogP contribution in [-0.4, -0.2) is 33.3 Å². The first kappa shape index (κ1) is 20.3. The first-order valence-electron chi connectivity index (χ1n) is 7.60. The van der Waals surface area contributed by atoms with Gasteiger partial charge in [-0.25, -0.2) is 4.99 Å². The number of hydrogen-bond acceptors (Lipinski definition) is 3. The molecule has 0 spiro atoms. The number of ether oxygens (including phenoxy) is 2. The molecule has 23 heavy (non-hydrogen) atoms. The minimum absolute atomic E-state index is 0. The van der Waals surface area contributed by atoms with Crippen LogP contribution < -0.4 is 20.1 Å². The molecule has 1 aromatic carbocycles. The Morgan fingerprint density at radius 1 is 1.22 bits per heavy atom. The summed E-state index contributed by atoms with van der Waals surface area (Å²) in [5.74, 6) is 3.10. The smallest absolute Gasteiger partial charge is 0.191 e. The summed E-state index contributed by atoms with van der Waals surface area (Å²) in [7, 11) is 3.27. The summed E-state index contributed by atoms with van der Waals surface area (Å²) in [6.07, 6.45) is 2.65. The van der Waals surface area contributed by atoms with Crippen LogP contribution in [0.25, 0.3) is 0 Å². The van der Waals surface area contributed by atoms with Gasteiger partial charge in [-0.2, -0.15) is 0 Å². The van der Waals surface area contributed by atoms with Gasteiger partial charge in [0.2, 0.25) is 0 Å². The second-order valence-corrected chi connectivity index (χ2v) is 6.17. The molecule has 130 valence electrons. The average Bonchev–Trinajstić information content (AvgIpc) is 3.34. The number of halogens is 2. The summed E-state index contributed by atoms with van der Waals surface area (Å²) >= 11 is 3.57. The lowest BCUT2D eigenvalue weighted by Crippen LogP contribution is -2.38. The number of guanidine groups is 1. The van der Waals surface area contributed by atoms with E-state index in [1.165, 1.54) is 12.8 Å². The number of methoxy groups -OCH3 is 2. The second-order valence-electron chi connectivity index (χ2n) is 5.32. The van der Waals surface area contributed by atoms with Gasteiger partial charge < -0.3 is 20.1 Å². The summed E-state index contributed by atoms with van der Waals surface area (Å²) in [6, 6.07) is 3.87. The highest BCUT2D eigenvalue weighted by Crippen LogP contribution is 2.33. The van der Waals surface area contributed by atoms with E-state index in [9.17, 15) is 0 Å². The Hall–Kier alpha value is -0.700. The average molecular weight is 498 g/mol. The molecule has 0 heterocycles. The fourth-order valence-corrected chi connectivity index (χ4v) is 2.53. The maximum atomic E-state index is 5.35. The molecule has 2 N–H and O–H groups in total. The topological polar surface area (TPSA) is 54.9 Å². The Labute approximate surface area is 163 Å². The molecule has 7 heteroatoms. The molecule has 0 aliphatic heterocycles. The highest BCUT2D eigenvalue weighted by Gasteiger charge is 2.21. The molecule has 0 unspecified atom stereocenters. The van der Waals surface area contributed by atoms with Gasteiger partial charge in [-0.3, -0.25) is 0 Å². The number of benzene rings is 1. The van der Waals surface area contributed by atoms with E-state index in [2.05, 4.69) is 38.5 Å². The van der Waals surface area contributed by atoms with E-state index >= 15 is 0 Å². The van der Waals surface area contributed by atoms with Crippen LogP contribution in [0.2, 0.25) is 0 Å². The van der Waals surface area contributed by atoms with E-state index in [1.807, 2.05) is 12.1 Å². The summed E-state index contributed by atoms with van der Waals surface area (Å²) in [5.41, 5.74) is 1.06. The number of nitrogens with one attached hydrogen (secondary N) is 2. The molecule has 1 aliphatic carbocycles. The zero-order valence-corrected chi connectivity index (χ0v) is 17.7. The van der Waals surface area contributed by atoms with Gasteiger partial charge >= 0.3 is 0 Å². The van der Waals surface area contributed by atoms with Crippen molar-refractivity contribution in [1.29, 1.82) is 0 Å². The fourth-order valence-electron chi connectivity index (χ4n) is 2.09. The lowest BCUT2D eigenvalue weighted by molar-refractivity contribution is 0.354. The lowest BCUT2D eigenvalue weighted by atomic mass is 10.2. The van der Waals surface area contributed by atoms with Gasteiger partial charge in [0.1, 0.15) is 0 Å². The molecular formula is C16H25BrIN3O2. The number of nitrogens with zero attached hydrogens (tertiary/aromatic N) is 1. The van der Waals surface area contributed by atoms with Crippen molar-refractivity contribution in [2.45, 2.75) is 26.3 Å². The molecule has 1 aromatic rings.